The van der Waals surface area contributed by atoms with Gasteiger partial charge in [-0.3, -0.25) is 14.9 Å². The number of hydrogen-bond acceptors (Lipinski definition) is 7. The average Bonchev–Trinajstić information content (AvgIpc) is 2.62. The molecule has 1 aromatic heterocycles. The molecular formula is C18H12F3NO7. The lowest BCUT2D eigenvalue weighted by Crippen LogP contribution is -2.16. The van der Waals surface area contributed by atoms with E-state index in [0.29, 0.717) is 6.07 Å². The SMILES string of the molecule is CCOc1cc(-c2c(C(F)(F)F)oc3cc(O)ccc3c2=O)cc([N+](=O)[O-])c1O. The van der Waals surface area contributed by atoms with Crippen LogP contribution in [0.4, 0.5) is 18.9 Å². The monoisotopic (exact) mass is 411 g/mol. The Labute approximate surface area is 159 Å². The second-order valence-corrected chi connectivity index (χ2v) is 5.85. The van der Waals surface area contributed by atoms with Crippen LogP contribution in [-0.2, 0) is 6.18 Å². The maximum Gasteiger partial charge on any atom is 0.450 e. The van der Waals surface area contributed by atoms with Crippen LogP contribution in [0.25, 0.3) is 22.1 Å². The van der Waals surface area contributed by atoms with Crippen molar-refractivity contribution in [2.75, 3.05) is 6.61 Å². The first kappa shape index (κ1) is 20.0. The molecule has 0 amide bonds. The highest BCUT2D eigenvalue weighted by Crippen LogP contribution is 2.43. The van der Waals surface area contributed by atoms with Gasteiger partial charge in [-0.1, -0.05) is 0 Å². The minimum atomic E-state index is -5.13. The van der Waals surface area contributed by atoms with E-state index in [1.807, 2.05) is 0 Å². The molecule has 0 bridgehead atoms. The lowest BCUT2D eigenvalue weighted by Gasteiger charge is -2.14. The van der Waals surface area contributed by atoms with E-state index < -0.39 is 61.9 Å². The molecule has 3 rings (SSSR count). The summed E-state index contributed by atoms with van der Waals surface area (Å²) in [4.78, 5) is 23.0. The Kier molecular flexibility index (Phi) is 4.83. The van der Waals surface area contributed by atoms with Crippen LogP contribution < -0.4 is 10.2 Å². The Balaban J connectivity index is 2.46. The quantitative estimate of drug-likeness (QED) is 0.487. The molecule has 0 fully saturated rings. The van der Waals surface area contributed by atoms with E-state index >= 15 is 0 Å². The van der Waals surface area contributed by atoms with Crippen molar-refractivity contribution in [1.82, 2.24) is 0 Å². The van der Waals surface area contributed by atoms with Crippen molar-refractivity contribution >= 4 is 16.7 Å². The largest absolute Gasteiger partial charge is 0.508 e. The fourth-order valence-corrected chi connectivity index (χ4v) is 2.79. The van der Waals surface area contributed by atoms with Crippen LogP contribution in [0.15, 0.2) is 39.5 Å². The molecule has 0 saturated heterocycles. The molecule has 0 aliphatic rings. The second kappa shape index (κ2) is 7.00. The van der Waals surface area contributed by atoms with Crippen molar-refractivity contribution in [2.45, 2.75) is 13.1 Å². The van der Waals surface area contributed by atoms with E-state index in [4.69, 9.17) is 9.15 Å². The number of nitro groups is 1. The predicted octanol–water partition coefficient (Wildman–Crippen LogP) is 4.20. The van der Waals surface area contributed by atoms with Gasteiger partial charge in [0.2, 0.25) is 16.9 Å². The van der Waals surface area contributed by atoms with Gasteiger partial charge >= 0.3 is 11.9 Å². The number of nitrogens with zero attached hydrogens (tertiary/aromatic N) is 1. The third-order valence-electron chi connectivity index (χ3n) is 3.97. The molecule has 152 valence electrons. The number of aromatic hydroxyl groups is 2. The van der Waals surface area contributed by atoms with Gasteiger partial charge in [0.25, 0.3) is 0 Å². The van der Waals surface area contributed by atoms with Crippen molar-refractivity contribution in [2.24, 2.45) is 0 Å². The van der Waals surface area contributed by atoms with Crippen LogP contribution in [0.2, 0.25) is 0 Å². The van der Waals surface area contributed by atoms with Crippen LogP contribution in [0, 0.1) is 10.1 Å². The number of hydrogen-bond donors (Lipinski definition) is 2. The van der Waals surface area contributed by atoms with Crippen molar-refractivity contribution in [3.8, 4) is 28.4 Å². The standard InChI is InChI=1S/C18H12F3NO7/c1-2-28-13-6-8(5-11(16(13)25)22(26)27)14-15(24)10-4-3-9(23)7-12(10)29-17(14)18(19,20)21/h3-7,23,25H,2H2,1H3. The van der Waals surface area contributed by atoms with Gasteiger partial charge in [0.15, 0.2) is 5.75 Å². The molecule has 2 aromatic carbocycles. The lowest BCUT2D eigenvalue weighted by atomic mass is 10.00. The maximum atomic E-state index is 13.6. The zero-order chi connectivity index (χ0) is 21.5. The minimum Gasteiger partial charge on any atom is -0.508 e. The topological polar surface area (TPSA) is 123 Å². The number of phenolic OH excluding ortho intramolecular Hbond substituents is 2. The second-order valence-electron chi connectivity index (χ2n) is 5.85. The van der Waals surface area contributed by atoms with Gasteiger partial charge in [-0.25, -0.2) is 0 Å². The molecule has 0 spiro atoms. The van der Waals surface area contributed by atoms with Gasteiger partial charge < -0.3 is 19.4 Å². The Hall–Kier alpha value is -3.76. The summed E-state index contributed by atoms with van der Waals surface area (Å²) in [7, 11) is 0. The fraction of sp³-hybridized carbons (Fsp3) is 0.167. The molecule has 29 heavy (non-hydrogen) atoms. The third kappa shape index (κ3) is 3.53. The lowest BCUT2D eigenvalue weighted by molar-refractivity contribution is -0.385. The first-order valence-electron chi connectivity index (χ1n) is 8.06. The molecule has 11 heteroatoms. The molecule has 0 atom stereocenters. The van der Waals surface area contributed by atoms with Gasteiger partial charge in [0.05, 0.1) is 22.5 Å². The summed E-state index contributed by atoms with van der Waals surface area (Å²) in [5.41, 5.74) is -4.08. The number of phenols is 2. The van der Waals surface area contributed by atoms with Crippen molar-refractivity contribution in [3.05, 3.63) is 56.4 Å². The van der Waals surface area contributed by atoms with E-state index in [-0.39, 0.29) is 12.0 Å². The molecule has 0 aliphatic heterocycles. The normalized spacial score (nSPS) is 11.6. The fourth-order valence-electron chi connectivity index (χ4n) is 2.79. The average molecular weight is 411 g/mol. The summed E-state index contributed by atoms with van der Waals surface area (Å²) < 4.78 is 50.8. The first-order chi connectivity index (χ1) is 13.5. The number of ether oxygens (including phenoxy) is 1. The Morgan fingerprint density at radius 1 is 1.21 bits per heavy atom. The van der Waals surface area contributed by atoms with Gasteiger partial charge in [-0.15, -0.1) is 0 Å². The zero-order valence-electron chi connectivity index (χ0n) is 14.6. The third-order valence-corrected chi connectivity index (χ3v) is 3.97. The van der Waals surface area contributed by atoms with E-state index in [1.54, 1.807) is 0 Å². The highest BCUT2D eigenvalue weighted by atomic mass is 19.4. The minimum absolute atomic E-state index is 0.0497. The maximum absolute atomic E-state index is 13.6. The van der Waals surface area contributed by atoms with Crippen LogP contribution in [0.5, 0.6) is 17.2 Å². The van der Waals surface area contributed by atoms with Crippen LogP contribution >= 0.6 is 0 Å². The van der Waals surface area contributed by atoms with Gasteiger partial charge in [-0.2, -0.15) is 13.2 Å². The van der Waals surface area contributed by atoms with Gasteiger partial charge in [0.1, 0.15) is 11.3 Å². The highest BCUT2D eigenvalue weighted by molar-refractivity contribution is 5.85. The van der Waals surface area contributed by atoms with E-state index in [9.17, 15) is 38.3 Å². The van der Waals surface area contributed by atoms with Crippen LogP contribution in [0.3, 0.4) is 0 Å². The number of halogens is 3. The number of fused-ring (bicyclic) bond motifs is 1. The van der Waals surface area contributed by atoms with Gasteiger partial charge in [-0.05, 0) is 25.1 Å². The summed E-state index contributed by atoms with van der Waals surface area (Å²) in [6.07, 6.45) is -5.13. The van der Waals surface area contributed by atoms with Gasteiger partial charge in [0, 0.05) is 17.7 Å². The summed E-state index contributed by atoms with van der Waals surface area (Å²) in [6.45, 7) is 1.45. The van der Waals surface area contributed by atoms with Crippen molar-refractivity contribution in [1.29, 1.82) is 0 Å². The molecule has 0 saturated carbocycles. The molecule has 0 unspecified atom stereocenters. The molecular weight excluding hydrogens is 399 g/mol. The van der Waals surface area contributed by atoms with E-state index in [2.05, 4.69) is 0 Å². The summed E-state index contributed by atoms with van der Waals surface area (Å²) in [5, 5.41) is 30.3. The summed E-state index contributed by atoms with van der Waals surface area (Å²) in [6, 6.07) is 4.52. The molecule has 3 aromatic rings. The smallest absolute Gasteiger partial charge is 0.450 e. The van der Waals surface area contributed by atoms with Crippen LogP contribution in [0.1, 0.15) is 12.7 Å². The summed E-state index contributed by atoms with van der Waals surface area (Å²) >= 11 is 0. The van der Waals surface area contributed by atoms with Crippen LogP contribution in [-0.4, -0.2) is 21.7 Å². The molecule has 0 radical (unpaired) electrons. The number of benzene rings is 2. The molecule has 2 N–H and O–H groups in total. The number of alkyl halides is 3. The van der Waals surface area contributed by atoms with Crippen molar-refractivity contribution in [3.63, 3.8) is 0 Å². The first-order valence-corrected chi connectivity index (χ1v) is 8.06. The molecule has 1 heterocycles. The summed E-state index contributed by atoms with van der Waals surface area (Å²) in [5.74, 6) is -3.47. The number of nitro benzene ring substituents is 1. The number of rotatable bonds is 4. The molecule has 0 aliphatic carbocycles. The Morgan fingerprint density at radius 3 is 2.48 bits per heavy atom. The van der Waals surface area contributed by atoms with E-state index in [1.165, 1.54) is 6.92 Å². The highest BCUT2D eigenvalue weighted by Gasteiger charge is 2.40. The zero-order valence-corrected chi connectivity index (χ0v) is 14.6. The predicted molar refractivity (Wildman–Crippen MR) is 94.1 cm³/mol. The molecule has 8 nitrogen and oxygen atoms in total. The Morgan fingerprint density at radius 2 is 1.90 bits per heavy atom. The van der Waals surface area contributed by atoms with Crippen molar-refractivity contribution < 1.29 is 37.5 Å². The van der Waals surface area contributed by atoms with E-state index in [0.717, 1.165) is 24.3 Å². The Bertz CT molecular complexity index is 1180.